The topological polar surface area (TPSA) is 55.1 Å². The van der Waals surface area contributed by atoms with Crippen LogP contribution in [0.2, 0.25) is 0 Å². The van der Waals surface area contributed by atoms with Crippen LogP contribution in [-0.2, 0) is 11.3 Å². The van der Waals surface area contributed by atoms with Crippen LogP contribution in [0.1, 0.15) is 22.7 Å². The van der Waals surface area contributed by atoms with E-state index in [0.29, 0.717) is 6.54 Å². The Labute approximate surface area is 117 Å². The van der Waals surface area contributed by atoms with Crippen LogP contribution in [0.25, 0.3) is 0 Å². The lowest BCUT2D eigenvalue weighted by Crippen LogP contribution is -2.34. The zero-order valence-electron chi connectivity index (χ0n) is 11.3. The summed E-state index contributed by atoms with van der Waals surface area (Å²) in [5.41, 5.74) is 7.56. The average Bonchev–Trinajstić information content (AvgIpc) is 2.43. The number of aryl methyl sites for hydroxylation is 1. The average molecular weight is 272 g/mol. The Kier molecular flexibility index (Phi) is 4.48. The summed E-state index contributed by atoms with van der Waals surface area (Å²) in [6.07, 6.45) is 0. The molecule has 0 aromatic heterocycles. The van der Waals surface area contributed by atoms with Gasteiger partial charge in [0.25, 0.3) is 0 Å². The van der Waals surface area contributed by atoms with Crippen LogP contribution in [0.15, 0.2) is 48.5 Å². The standard InChI is InChI=1S/C16H17FN2O/c1-11-7-8-14(17)13(9-11)15(16(18)20)19-10-12-5-3-2-4-6-12/h2-9,15,19H,10H2,1H3,(H2,18,20). The van der Waals surface area contributed by atoms with E-state index in [1.165, 1.54) is 6.07 Å². The number of hydrogen-bond donors (Lipinski definition) is 2. The van der Waals surface area contributed by atoms with Gasteiger partial charge in [0.05, 0.1) is 0 Å². The molecule has 0 spiro atoms. The molecule has 2 aromatic rings. The monoisotopic (exact) mass is 272 g/mol. The third-order valence-corrected chi connectivity index (χ3v) is 3.10. The van der Waals surface area contributed by atoms with Gasteiger partial charge in [0.15, 0.2) is 0 Å². The van der Waals surface area contributed by atoms with Crippen molar-refractivity contribution < 1.29 is 9.18 Å². The first-order valence-corrected chi connectivity index (χ1v) is 6.40. The van der Waals surface area contributed by atoms with E-state index in [-0.39, 0.29) is 5.56 Å². The molecule has 0 aliphatic heterocycles. The van der Waals surface area contributed by atoms with E-state index in [2.05, 4.69) is 5.32 Å². The molecule has 20 heavy (non-hydrogen) atoms. The fraction of sp³-hybridized carbons (Fsp3) is 0.188. The van der Waals surface area contributed by atoms with Crippen molar-refractivity contribution in [1.82, 2.24) is 5.32 Å². The molecule has 0 bridgehead atoms. The van der Waals surface area contributed by atoms with Gasteiger partial charge in [-0.1, -0.05) is 48.0 Å². The second kappa shape index (κ2) is 6.30. The normalized spacial score (nSPS) is 12.1. The lowest BCUT2D eigenvalue weighted by atomic mass is 10.0. The summed E-state index contributed by atoms with van der Waals surface area (Å²) in [5, 5.41) is 3.01. The number of carbonyl (C=O) groups excluding carboxylic acids is 1. The van der Waals surface area contributed by atoms with Crippen molar-refractivity contribution in [2.45, 2.75) is 19.5 Å². The number of primary amides is 1. The maximum Gasteiger partial charge on any atom is 0.239 e. The summed E-state index contributed by atoms with van der Waals surface area (Å²) < 4.78 is 13.9. The van der Waals surface area contributed by atoms with Gasteiger partial charge >= 0.3 is 0 Å². The van der Waals surface area contributed by atoms with Crippen LogP contribution < -0.4 is 11.1 Å². The van der Waals surface area contributed by atoms with Crippen LogP contribution in [0.3, 0.4) is 0 Å². The molecule has 1 amide bonds. The highest BCUT2D eigenvalue weighted by molar-refractivity contribution is 5.81. The Bertz CT molecular complexity index is 599. The largest absolute Gasteiger partial charge is 0.368 e. The first-order chi connectivity index (χ1) is 9.58. The molecule has 0 aliphatic carbocycles. The number of benzene rings is 2. The SMILES string of the molecule is Cc1ccc(F)c(C(NCc2ccccc2)C(N)=O)c1. The maximum absolute atomic E-state index is 13.9. The van der Waals surface area contributed by atoms with E-state index in [4.69, 9.17) is 5.73 Å². The quantitative estimate of drug-likeness (QED) is 0.878. The third-order valence-electron chi connectivity index (χ3n) is 3.10. The molecule has 2 aromatic carbocycles. The van der Waals surface area contributed by atoms with Crippen LogP contribution in [0.5, 0.6) is 0 Å². The maximum atomic E-state index is 13.9. The van der Waals surface area contributed by atoms with Crippen molar-refractivity contribution in [2.24, 2.45) is 5.73 Å². The van der Waals surface area contributed by atoms with Gasteiger partial charge in [0, 0.05) is 12.1 Å². The van der Waals surface area contributed by atoms with Crippen molar-refractivity contribution in [3.05, 3.63) is 71.0 Å². The highest BCUT2D eigenvalue weighted by atomic mass is 19.1. The smallest absolute Gasteiger partial charge is 0.239 e. The van der Waals surface area contributed by atoms with Crippen LogP contribution in [0.4, 0.5) is 4.39 Å². The minimum atomic E-state index is -0.838. The number of halogens is 1. The van der Waals surface area contributed by atoms with Crippen molar-refractivity contribution in [1.29, 1.82) is 0 Å². The fourth-order valence-corrected chi connectivity index (χ4v) is 2.06. The molecule has 1 atom stereocenters. The van der Waals surface area contributed by atoms with Gasteiger partial charge in [-0.05, 0) is 18.6 Å². The van der Waals surface area contributed by atoms with E-state index in [9.17, 15) is 9.18 Å². The minimum Gasteiger partial charge on any atom is -0.368 e. The summed E-state index contributed by atoms with van der Waals surface area (Å²) in [4.78, 5) is 11.6. The second-order valence-electron chi connectivity index (χ2n) is 4.73. The van der Waals surface area contributed by atoms with E-state index in [1.807, 2.05) is 37.3 Å². The van der Waals surface area contributed by atoms with Gasteiger partial charge < -0.3 is 5.73 Å². The molecular formula is C16H17FN2O. The van der Waals surface area contributed by atoms with E-state index in [0.717, 1.165) is 11.1 Å². The van der Waals surface area contributed by atoms with Crippen LogP contribution in [-0.4, -0.2) is 5.91 Å². The summed E-state index contributed by atoms with van der Waals surface area (Å²) in [6.45, 7) is 2.29. The van der Waals surface area contributed by atoms with Crippen molar-refractivity contribution in [3.8, 4) is 0 Å². The summed E-state index contributed by atoms with van der Waals surface area (Å²) in [5.74, 6) is -1.02. The van der Waals surface area contributed by atoms with Crippen molar-refractivity contribution in [3.63, 3.8) is 0 Å². The number of amides is 1. The molecule has 0 saturated heterocycles. The highest BCUT2D eigenvalue weighted by Gasteiger charge is 2.20. The van der Waals surface area contributed by atoms with Gasteiger partial charge in [0.1, 0.15) is 11.9 Å². The predicted molar refractivity (Wildman–Crippen MR) is 76.4 cm³/mol. The van der Waals surface area contributed by atoms with E-state index >= 15 is 0 Å². The van der Waals surface area contributed by atoms with Gasteiger partial charge in [-0.2, -0.15) is 0 Å². The molecule has 3 N–H and O–H groups in total. The van der Waals surface area contributed by atoms with Crippen molar-refractivity contribution >= 4 is 5.91 Å². The molecule has 0 fully saturated rings. The van der Waals surface area contributed by atoms with Crippen LogP contribution in [0, 0.1) is 12.7 Å². The van der Waals surface area contributed by atoms with Gasteiger partial charge in [-0.3, -0.25) is 10.1 Å². The molecule has 1 unspecified atom stereocenters. The third kappa shape index (κ3) is 3.42. The van der Waals surface area contributed by atoms with E-state index < -0.39 is 17.8 Å². The van der Waals surface area contributed by atoms with E-state index in [1.54, 1.807) is 12.1 Å². The molecule has 0 heterocycles. The fourth-order valence-electron chi connectivity index (χ4n) is 2.06. The second-order valence-corrected chi connectivity index (χ2v) is 4.73. The minimum absolute atomic E-state index is 0.286. The Morgan fingerprint density at radius 2 is 1.95 bits per heavy atom. The molecule has 0 aliphatic rings. The molecule has 104 valence electrons. The highest BCUT2D eigenvalue weighted by Crippen LogP contribution is 2.19. The van der Waals surface area contributed by atoms with Gasteiger partial charge in [-0.15, -0.1) is 0 Å². The number of carbonyl (C=O) groups is 1. The molecule has 3 nitrogen and oxygen atoms in total. The van der Waals surface area contributed by atoms with Crippen LogP contribution >= 0.6 is 0 Å². The first kappa shape index (κ1) is 14.2. The van der Waals surface area contributed by atoms with Gasteiger partial charge in [0.2, 0.25) is 5.91 Å². The Morgan fingerprint density at radius 3 is 2.60 bits per heavy atom. The number of nitrogens with one attached hydrogen (secondary N) is 1. The lowest BCUT2D eigenvalue weighted by molar-refractivity contribution is -0.120. The number of hydrogen-bond acceptors (Lipinski definition) is 2. The molecule has 4 heteroatoms. The van der Waals surface area contributed by atoms with Gasteiger partial charge in [-0.25, -0.2) is 4.39 Å². The predicted octanol–water partition coefficient (Wildman–Crippen LogP) is 2.45. The number of nitrogens with two attached hydrogens (primary N) is 1. The Morgan fingerprint density at radius 1 is 1.25 bits per heavy atom. The summed E-state index contributed by atoms with van der Waals surface area (Å²) >= 11 is 0. The number of rotatable bonds is 5. The Balaban J connectivity index is 2.19. The van der Waals surface area contributed by atoms with Crippen molar-refractivity contribution in [2.75, 3.05) is 0 Å². The molecular weight excluding hydrogens is 255 g/mol. The molecule has 2 rings (SSSR count). The summed E-state index contributed by atoms with van der Waals surface area (Å²) in [7, 11) is 0. The summed E-state index contributed by atoms with van der Waals surface area (Å²) in [6, 6.07) is 13.4. The molecule has 0 radical (unpaired) electrons. The Hall–Kier alpha value is -2.20. The lowest BCUT2D eigenvalue weighted by Gasteiger charge is -2.17. The molecule has 0 saturated carbocycles. The zero-order chi connectivity index (χ0) is 14.5. The first-order valence-electron chi connectivity index (χ1n) is 6.40. The zero-order valence-corrected chi connectivity index (χ0v) is 11.3.